The third kappa shape index (κ3) is 2.86. The molecule has 0 spiro atoms. The molecule has 30 heavy (non-hydrogen) atoms. The van der Waals surface area contributed by atoms with Gasteiger partial charge in [0.15, 0.2) is 0 Å². The summed E-state index contributed by atoms with van der Waals surface area (Å²) in [5, 5.41) is 5.23. The molecule has 0 saturated heterocycles. The minimum Gasteiger partial charge on any atom is -0.256 e. The highest BCUT2D eigenvalue weighted by Crippen LogP contribution is 2.43. The summed E-state index contributed by atoms with van der Waals surface area (Å²) in [5.41, 5.74) is 3.25. The standard InChI is InChI=1S/C28H25NS/c1-18(19-7-2-3-8-19)21-15-16-29-25(17-21)23-11-6-12-24-27-22-10-5-4-9-20(22)13-14-26(27)30-28(23)24/h4-6,9-19H,2-3,7-8H2,1H3/i18D. The maximum absolute atomic E-state index is 9.14. The van der Waals surface area contributed by atoms with Gasteiger partial charge in [-0.15, -0.1) is 11.3 Å². The van der Waals surface area contributed by atoms with Crippen molar-refractivity contribution in [2.75, 3.05) is 0 Å². The van der Waals surface area contributed by atoms with E-state index in [4.69, 9.17) is 6.35 Å². The number of pyridine rings is 1. The Balaban J connectivity index is 1.55. The van der Waals surface area contributed by atoms with Gasteiger partial charge >= 0.3 is 0 Å². The molecule has 0 radical (unpaired) electrons. The van der Waals surface area contributed by atoms with Crippen LogP contribution in [0.5, 0.6) is 0 Å². The lowest BCUT2D eigenvalue weighted by molar-refractivity contribution is 0.461. The topological polar surface area (TPSA) is 12.9 Å². The monoisotopic (exact) mass is 408 g/mol. The van der Waals surface area contributed by atoms with Gasteiger partial charge in [0, 0.05) is 33.3 Å². The molecular weight excluding hydrogens is 382 g/mol. The number of hydrogen-bond acceptors (Lipinski definition) is 2. The van der Waals surface area contributed by atoms with E-state index in [0.717, 1.165) is 24.1 Å². The summed E-state index contributed by atoms with van der Waals surface area (Å²) >= 11 is 1.85. The highest BCUT2D eigenvalue weighted by atomic mass is 32.1. The minimum absolute atomic E-state index is 0.439. The molecule has 0 N–H and O–H groups in total. The van der Waals surface area contributed by atoms with E-state index in [9.17, 15) is 0 Å². The predicted molar refractivity (Wildman–Crippen MR) is 130 cm³/mol. The van der Waals surface area contributed by atoms with E-state index in [1.807, 2.05) is 23.6 Å². The van der Waals surface area contributed by atoms with E-state index in [1.54, 1.807) is 0 Å². The Labute approximate surface area is 182 Å². The Kier molecular flexibility index (Phi) is 4.09. The number of hydrogen-bond donors (Lipinski definition) is 0. The van der Waals surface area contributed by atoms with Gasteiger partial charge < -0.3 is 0 Å². The fourth-order valence-electron chi connectivity index (χ4n) is 5.19. The third-order valence-corrected chi connectivity index (χ3v) is 8.05. The molecule has 3 aromatic carbocycles. The summed E-state index contributed by atoms with van der Waals surface area (Å²) < 4.78 is 11.7. The predicted octanol–water partition coefficient (Wildman–Crippen LogP) is 8.56. The van der Waals surface area contributed by atoms with Crippen LogP contribution in [0.1, 0.15) is 45.4 Å². The first-order valence-corrected chi connectivity index (χ1v) is 11.7. The summed E-state index contributed by atoms with van der Waals surface area (Å²) in [4.78, 5) is 4.76. The van der Waals surface area contributed by atoms with Crippen molar-refractivity contribution in [3.05, 3.63) is 78.5 Å². The molecule has 0 bridgehead atoms. The van der Waals surface area contributed by atoms with Crippen LogP contribution in [0.15, 0.2) is 72.9 Å². The van der Waals surface area contributed by atoms with Crippen LogP contribution < -0.4 is 0 Å². The van der Waals surface area contributed by atoms with E-state index in [-0.39, 0.29) is 0 Å². The fraction of sp³-hybridized carbons (Fsp3) is 0.250. The molecule has 6 rings (SSSR count). The summed E-state index contributed by atoms with van der Waals surface area (Å²) in [6, 6.07) is 23.9. The summed E-state index contributed by atoms with van der Waals surface area (Å²) in [6.45, 7) is 2.09. The second-order valence-electron chi connectivity index (χ2n) is 8.54. The highest BCUT2D eigenvalue weighted by molar-refractivity contribution is 7.26. The van der Waals surface area contributed by atoms with Crippen molar-refractivity contribution < 1.29 is 1.37 Å². The lowest BCUT2D eigenvalue weighted by Gasteiger charge is -2.19. The molecule has 0 aliphatic heterocycles. The molecule has 0 amide bonds. The molecule has 1 saturated carbocycles. The molecule has 2 heterocycles. The quantitative estimate of drug-likeness (QED) is 0.291. The van der Waals surface area contributed by atoms with E-state index in [0.29, 0.717) is 5.92 Å². The van der Waals surface area contributed by atoms with Crippen molar-refractivity contribution in [1.82, 2.24) is 4.98 Å². The second kappa shape index (κ2) is 7.21. The number of aromatic nitrogens is 1. The van der Waals surface area contributed by atoms with Crippen LogP contribution in [-0.4, -0.2) is 4.98 Å². The molecule has 1 fully saturated rings. The van der Waals surface area contributed by atoms with Crippen LogP contribution in [0, 0.1) is 5.92 Å². The van der Waals surface area contributed by atoms with E-state index in [2.05, 4.69) is 67.6 Å². The van der Waals surface area contributed by atoms with E-state index in [1.165, 1.54) is 49.3 Å². The number of benzene rings is 3. The van der Waals surface area contributed by atoms with Gasteiger partial charge in [-0.05, 0) is 59.2 Å². The molecular formula is C28H25NS. The summed E-state index contributed by atoms with van der Waals surface area (Å²) in [6.07, 6.45) is 6.74. The van der Waals surface area contributed by atoms with Gasteiger partial charge in [-0.1, -0.05) is 68.3 Å². The summed E-state index contributed by atoms with van der Waals surface area (Å²) in [7, 11) is 0. The van der Waals surface area contributed by atoms with Gasteiger partial charge in [0.25, 0.3) is 0 Å². The lowest BCUT2D eigenvalue weighted by atomic mass is 9.86. The second-order valence-corrected chi connectivity index (χ2v) is 9.59. The number of fused-ring (bicyclic) bond motifs is 5. The Hall–Kier alpha value is -2.71. The SMILES string of the molecule is [2H]C(C)(c1ccnc(-c2cccc3c2sc2ccc4ccccc4c23)c1)C1CCCC1. The van der Waals surface area contributed by atoms with Crippen molar-refractivity contribution in [2.24, 2.45) is 5.92 Å². The largest absolute Gasteiger partial charge is 0.256 e. The van der Waals surface area contributed by atoms with Crippen LogP contribution >= 0.6 is 11.3 Å². The van der Waals surface area contributed by atoms with Crippen molar-refractivity contribution in [3.8, 4) is 11.3 Å². The molecule has 2 heteroatoms. The van der Waals surface area contributed by atoms with Crippen LogP contribution in [0.25, 0.3) is 42.2 Å². The molecule has 148 valence electrons. The smallest absolute Gasteiger partial charge is 0.0719 e. The zero-order valence-corrected chi connectivity index (χ0v) is 18.0. The first-order valence-electron chi connectivity index (χ1n) is 11.4. The minimum atomic E-state index is -0.557. The van der Waals surface area contributed by atoms with Gasteiger partial charge in [-0.2, -0.15) is 0 Å². The normalized spacial score (nSPS) is 17.6. The first kappa shape index (κ1) is 17.0. The third-order valence-electron chi connectivity index (χ3n) is 6.85. The zero-order valence-electron chi connectivity index (χ0n) is 18.2. The van der Waals surface area contributed by atoms with E-state index < -0.39 is 5.89 Å². The number of thiophene rings is 1. The number of rotatable bonds is 3. The van der Waals surface area contributed by atoms with Gasteiger partial charge in [-0.25, -0.2) is 0 Å². The van der Waals surface area contributed by atoms with Gasteiger partial charge in [0.1, 0.15) is 0 Å². The van der Waals surface area contributed by atoms with Crippen molar-refractivity contribution in [2.45, 2.75) is 38.5 Å². The average molecular weight is 409 g/mol. The Bertz CT molecular complexity index is 1430. The van der Waals surface area contributed by atoms with Crippen molar-refractivity contribution in [1.29, 1.82) is 0 Å². The first-order chi connectivity index (χ1) is 15.1. The van der Waals surface area contributed by atoms with Crippen molar-refractivity contribution in [3.63, 3.8) is 0 Å². The maximum atomic E-state index is 9.14. The molecule has 5 aromatic rings. The van der Waals surface area contributed by atoms with Crippen molar-refractivity contribution >= 4 is 42.3 Å². The van der Waals surface area contributed by atoms with Gasteiger partial charge in [0.2, 0.25) is 0 Å². The van der Waals surface area contributed by atoms with E-state index >= 15 is 0 Å². The Morgan fingerprint density at radius 1 is 0.967 bits per heavy atom. The van der Waals surface area contributed by atoms with Crippen LogP contribution in [-0.2, 0) is 0 Å². The number of nitrogens with zero attached hydrogens (tertiary/aromatic N) is 1. The molecule has 1 nitrogen and oxygen atoms in total. The van der Waals surface area contributed by atoms with Crippen LogP contribution in [0.3, 0.4) is 0 Å². The Morgan fingerprint density at radius 3 is 2.70 bits per heavy atom. The lowest BCUT2D eigenvalue weighted by Crippen LogP contribution is -2.06. The van der Waals surface area contributed by atoms with Crippen LogP contribution in [0.4, 0.5) is 0 Å². The molecule has 1 atom stereocenters. The highest BCUT2D eigenvalue weighted by Gasteiger charge is 2.23. The van der Waals surface area contributed by atoms with Gasteiger partial charge in [-0.3, -0.25) is 4.98 Å². The molecule has 1 unspecified atom stereocenters. The zero-order chi connectivity index (χ0) is 21.0. The molecule has 1 aliphatic rings. The van der Waals surface area contributed by atoms with Crippen LogP contribution in [0.2, 0.25) is 0 Å². The molecule has 1 aliphatic carbocycles. The average Bonchev–Trinajstić information content (AvgIpc) is 3.47. The summed E-state index contributed by atoms with van der Waals surface area (Å²) in [5.74, 6) is -0.118. The van der Waals surface area contributed by atoms with Gasteiger partial charge in [0.05, 0.1) is 5.69 Å². The molecule has 2 aromatic heterocycles. The maximum Gasteiger partial charge on any atom is 0.0719 e. The Morgan fingerprint density at radius 2 is 1.80 bits per heavy atom. The fourth-order valence-corrected chi connectivity index (χ4v) is 6.43.